The Labute approximate surface area is 107 Å². The van der Waals surface area contributed by atoms with E-state index in [4.69, 9.17) is 5.73 Å². The second kappa shape index (κ2) is 5.48. The predicted molar refractivity (Wildman–Crippen MR) is 68.2 cm³/mol. The smallest absolute Gasteiger partial charge is 0.240 e. The first-order valence-electron chi connectivity index (χ1n) is 6.42. The van der Waals surface area contributed by atoms with Gasteiger partial charge >= 0.3 is 0 Å². The largest absolute Gasteiger partial charge is 0.334 e. The number of carbonyl (C=O) groups excluding carboxylic acids is 1. The fraction of sp³-hybridized carbons (Fsp3) is 0.500. The van der Waals surface area contributed by atoms with Crippen molar-refractivity contribution in [2.75, 3.05) is 0 Å². The highest BCUT2D eigenvalue weighted by molar-refractivity contribution is 5.82. The van der Waals surface area contributed by atoms with Gasteiger partial charge in [0.15, 0.2) is 0 Å². The topological polar surface area (TPSA) is 46.3 Å². The molecule has 1 aromatic rings. The summed E-state index contributed by atoms with van der Waals surface area (Å²) in [6.07, 6.45) is 2.73. The van der Waals surface area contributed by atoms with Crippen molar-refractivity contribution in [2.45, 2.75) is 44.8 Å². The molecular weight excluding hydrogens is 231 g/mol. The standard InChI is InChI=1S/C14H19FN2O/c1-2-13(16)14(18)17(12-7-8-12)9-10-3-5-11(15)6-4-10/h3-6,12-13H,2,7-9,16H2,1H3/t13-/m1/s1. The Bertz CT molecular complexity index is 414. The number of rotatable bonds is 5. The summed E-state index contributed by atoms with van der Waals surface area (Å²) < 4.78 is 12.8. The third-order valence-corrected chi connectivity index (χ3v) is 3.29. The highest BCUT2D eigenvalue weighted by atomic mass is 19.1. The lowest BCUT2D eigenvalue weighted by molar-refractivity contribution is -0.133. The lowest BCUT2D eigenvalue weighted by Crippen LogP contribution is -2.44. The first-order valence-corrected chi connectivity index (χ1v) is 6.42. The molecule has 3 nitrogen and oxygen atoms in total. The van der Waals surface area contributed by atoms with Gasteiger partial charge in [0, 0.05) is 12.6 Å². The van der Waals surface area contributed by atoms with E-state index in [0.29, 0.717) is 19.0 Å². The molecule has 1 amide bonds. The van der Waals surface area contributed by atoms with Crippen LogP contribution in [0.3, 0.4) is 0 Å². The van der Waals surface area contributed by atoms with E-state index < -0.39 is 6.04 Å². The van der Waals surface area contributed by atoms with Gasteiger partial charge in [0.1, 0.15) is 5.82 Å². The van der Waals surface area contributed by atoms with Crippen molar-refractivity contribution in [3.05, 3.63) is 35.6 Å². The van der Waals surface area contributed by atoms with Crippen molar-refractivity contribution >= 4 is 5.91 Å². The number of carbonyl (C=O) groups is 1. The van der Waals surface area contributed by atoms with Crippen molar-refractivity contribution in [3.8, 4) is 0 Å². The van der Waals surface area contributed by atoms with Crippen LogP contribution in [0.2, 0.25) is 0 Å². The number of benzene rings is 1. The Hall–Kier alpha value is -1.42. The number of hydrogen-bond acceptors (Lipinski definition) is 2. The van der Waals surface area contributed by atoms with Crippen LogP contribution in [0, 0.1) is 5.82 Å². The number of hydrogen-bond donors (Lipinski definition) is 1. The molecule has 0 radical (unpaired) electrons. The quantitative estimate of drug-likeness (QED) is 0.869. The summed E-state index contributed by atoms with van der Waals surface area (Å²) in [5, 5.41) is 0. The van der Waals surface area contributed by atoms with E-state index in [1.165, 1.54) is 12.1 Å². The molecule has 0 bridgehead atoms. The van der Waals surface area contributed by atoms with Gasteiger partial charge in [-0.15, -0.1) is 0 Å². The third-order valence-electron chi connectivity index (χ3n) is 3.29. The molecule has 0 saturated heterocycles. The lowest BCUT2D eigenvalue weighted by Gasteiger charge is -2.25. The Balaban J connectivity index is 2.06. The zero-order chi connectivity index (χ0) is 13.1. The summed E-state index contributed by atoms with van der Waals surface area (Å²) in [5.41, 5.74) is 6.75. The van der Waals surface area contributed by atoms with Crippen LogP contribution in [0.25, 0.3) is 0 Å². The normalized spacial score (nSPS) is 16.4. The summed E-state index contributed by atoms with van der Waals surface area (Å²) in [6.45, 7) is 2.43. The predicted octanol–water partition coefficient (Wildman–Crippen LogP) is 2.05. The molecule has 98 valence electrons. The molecule has 1 aromatic carbocycles. The van der Waals surface area contributed by atoms with Crippen molar-refractivity contribution in [3.63, 3.8) is 0 Å². The molecule has 2 N–H and O–H groups in total. The van der Waals surface area contributed by atoms with E-state index in [2.05, 4.69) is 0 Å². The van der Waals surface area contributed by atoms with Gasteiger partial charge in [-0.25, -0.2) is 4.39 Å². The maximum atomic E-state index is 12.8. The molecule has 0 heterocycles. The van der Waals surface area contributed by atoms with E-state index in [1.807, 2.05) is 11.8 Å². The lowest BCUT2D eigenvalue weighted by atomic mass is 10.1. The van der Waals surface area contributed by atoms with Crippen LogP contribution >= 0.6 is 0 Å². The van der Waals surface area contributed by atoms with E-state index in [0.717, 1.165) is 18.4 Å². The van der Waals surface area contributed by atoms with E-state index in [9.17, 15) is 9.18 Å². The Morgan fingerprint density at radius 2 is 2.06 bits per heavy atom. The molecule has 1 atom stereocenters. The second-order valence-corrected chi connectivity index (χ2v) is 4.84. The molecule has 0 unspecified atom stereocenters. The minimum Gasteiger partial charge on any atom is -0.334 e. The van der Waals surface area contributed by atoms with Gasteiger partial charge in [-0.1, -0.05) is 19.1 Å². The summed E-state index contributed by atoms with van der Waals surface area (Å²) >= 11 is 0. The molecule has 1 saturated carbocycles. The van der Waals surface area contributed by atoms with E-state index in [1.54, 1.807) is 12.1 Å². The zero-order valence-electron chi connectivity index (χ0n) is 10.6. The van der Waals surface area contributed by atoms with Crippen LogP contribution in [0.15, 0.2) is 24.3 Å². The molecule has 18 heavy (non-hydrogen) atoms. The summed E-state index contributed by atoms with van der Waals surface area (Å²) in [6, 6.07) is 6.17. The molecule has 0 spiro atoms. The maximum Gasteiger partial charge on any atom is 0.240 e. The monoisotopic (exact) mass is 250 g/mol. The van der Waals surface area contributed by atoms with Gasteiger partial charge in [0.05, 0.1) is 6.04 Å². The maximum absolute atomic E-state index is 12.8. The third kappa shape index (κ3) is 3.07. The van der Waals surface area contributed by atoms with Crippen molar-refractivity contribution < 1.29 is 9.18 Å². The van der Waals surface area contributed by atoms with Gasteiger partial charge < -0.3 is 10.6 Å². The first-order chi connectivity index (χ1) is 8.61. The minimum atomic E-state index is -0.425. The second-order valence-electron chi connectivity index (χ2n) is 4.84. The number of nitrogens with two attached hydrogens (primary N) is 1. The zero-order valence-corrected chi connectivity index (χ0v) is 10.6. The van der Waals surface area contributed by atoms with Crippen LogP contribution in [0.4, 0.5) is 4.39 Å². The SMILES string of the molecule is CC[C@@H](N)C(=O)N(Cc1ccc(F)cc1)C1CC1. The number of nitrogens with zero attached hydrogens (tertiary/aromatic N) is 1. The Kier molecular flexibility index (Phi) is 3.97. The van der Waals surface area contributed by atoms with Crippen LogP contribution in [-0.4, -0.2) is 22.9 Å². The van der Waals surface area contributed by atoms with Crippen molar-refractivity contribution in [2.24, 2.45) is 5.73 Å². The van der Waals surface area contributed by atoms with Gasteiger partial charge in [-0.2, -0.15) is 0 Å². The van der Waals surface area contributed by atoms with Crippen LogP contribution in [0.5, 0.6) is 0 Å². The molecule has 0 aromatic heterocycles. The average molecular weight is 250 g/mol. The van der Waals surface area contributed by atoms with Crippen LogP contribution in [-0.2, 0) is 11.3 Å². The van der Waals surface area contributed by atoms with Crippen LogP contribution in [0.1, 0.15) is 31.7 Å². The highest BCUT2D eigenvalue weighted by Gasteiger charge is 2.34. The summed E-state index contributed by atoms with van der Waals surface area (Å²) in [7, 11) is 0. The fourth-order valence-electron chi connectivity index (χ4n) is 1.95. The Morgan fingerprint density at radius 3 is 2.56 bits per heavy atom. The van der Waals surface area contributed by atoms with E-state index >= 15 is 0 Å². The number of amides is 1. The Morgan fingerprint density at radius 1 is 1.44 bits per heavy atom. The molecule has 1 aliphatic carbocycles. The molecule has 4 heteroatoms. The van der Waals surface area contributed by atoms with Gasteiger partial charge in [0.2, 0.25) is 5.91 Å². The summed E-state index contributed by atoms with van der Waals surface area (Å²) in [5.74, 6) is -0.252. The molecule has 1 aliphatic rings. The van der Waals surface area contributed by atoms with Gasteiger partial charge in [0.25, 0.3) is 0 Å². The average Bonchev–Trinajstić information content (AvgIpc) is 3.20. The first kappa shape index (κ1) is 13.0. The minimum absolute atomic E-state index is 0.00400. The molecule has 1 fully saturated rings. The highest BCUT2D eigenvalue weighted by Crippen LogP contribution is 2.29. The molecule has 2 rings (SSSR count). The molecule has 0 aliphatic heterocycles. The van der Waals surface area contributed by atoms with Gasteiger partial charge in [-0.3, -0.25) is 4.79 Å². The van der Waals surface area contributed by atoms with E-state index in [-0.39, 0.29) is 11.7 Å². The van der Waals surface area contributed by atoms with Gasteiger partial charge in [-0.05, 0) is 37.0 Å². The fourth-order valence-corrected chi connectivity index (χ4v) is 1.95. The number of halogens is 1. The van der Waals surface area contributed by atoms with Crippen LogP contribution < -0.4 is 5.73 Å². The van der Waals surface area contributed by atoms with Crippen molar-refractivity contribution in [1.82, 2.24) is 4.90 Å². The molecular formula is C14H19FN2O. The summed E-state index contributed by atoms with van der Waals surface area (Å²) in [4.78, 5) is 14.0. The van der Waals surface area contributed by atoms with Crippen molar-refractivity contribution in [1.29, 1.82) is 0 Å².